The second-order valence-corrected chi connectivity index (χ2v) is 6.81. The highest BCUT2D eigenvalue weighted by Crippen LogP contribution is 2.39. The standard InChI is InChI=1S/C19H18FNO5S/c20-13-4-1-3-12(11-13)16-15(17(23)14-5-2-10-27-14)18(24)19(25)21(16)6-8-26-9-7-22/h1-5,10-11,16,22,24H,6-9H2/t16-/m0/s1. The normalized spacial score (nSPS) is 17.0. The summed E-state index contributed by atoms with van der Waals surface area (Å²) in [6.07, 6.45) is 0. The molecule has 1 aliphatic rings. The molecule has 0 radical (unpaired) electrons. The molecule has 0 saturated heterocycles. The Morgan fingerprint density at radius 1 is 1.26 bits per heavy atom. The van der Waals surface area contributed by atoms with Crippen molar-refractivity contribution >= 4 is 23.0 Å². The third-order valence-electron chi connectivity index (χ3n) is 4.17. The lowest BCUT2D eigenvalue weighted by Gasteiger charge is -2.26. The van der Waals surface area contributed by atoms with Gasteiger partial charge in [0.2, 0.25) is 5.78 Å². The molecule has 1 aromatic carbocycles. The zero-order valence-corrected chi connectivity index (χ0v) is 15.1. The number of carbonyl (C=O) groups is 2. The van der Waals surface area contributed by atoms with Gasteiger partial charge < -0.3 is 19.8 Å². The van der Waals surface area contributed by atoms with E-state index in [0.717, 1.165) is 0 Å². The Kier molecular flexibility index (Phi) is 6.00. The molecule has 3 rings (SSSR count). The maximum absolute atomic E-state index is 13.8. The van der Waals surface area contributed by atoms with Gasteiger partial charge in [-0.15, -0.1) is 11.3 Å². The van der Waals surface area contributed by atoms with Gasteiger partial charge in [-0.05, 0) is 29.1 Å². The molecule has 142 valence electrons. The van der Waals surface area contributed by atoms with Gasteiger partial charge in [-0.2, -0.15) is 0 Å². The molecule has 2 N–H and O–H groups in total. The molecule has 0 fully saturated rings. The van der Waals surface area contributed by atoms with Crippen LogP contribution in [0.1, 0.15) is 21.3 Å². The van der Waals surface area contributed by atoms with E-state index in [0.29, 0.717) is 10.4 Å². The number of rotatable bonds is 8. The van der Waals surface area contributed by atoms with Crippen LogP contribution in [0.3, 0.4) is 0 Å². The number of hydrogen-bond donors (Lipinski definition) is 2. The van der Waals surface area contributed by atoms with Gasteiger partial charge in [0.25, 0.3) is 5.91 Å². The van der Waals surface area contributed by atoms with Crippen molar-refractivity contribution in [3.8, 4) is 0 Å². The lowest BCUT2D eigenvalue weighted by molar-refractivity contribution is -0.130. The highest BCUT2D eigenvalue weighted by Gasteiger charge is 2.43. The molecule has 27 heavy (non-hydrogen) atoms. The van der Waals surface area contributed by atoms with Crippen LogP contribution in [-0.4, -0.2) is 53.2 Å². The summed E-state index contributed by atoms with van der Waals surface area (Å²) in [6, 6.07) is 7.97. The summed E-state index contributed by atoms with van der Waals surface area (Å²) < 4.78 is 19.0. The molecular weight excluding hydrogens is 373 g/mol. The summed E-state index contributed by atoms with van der Waals surface area (Å²) in [5.74, 6) is -2.32. The highest BCUT2D eigenvalue weighted by molar-refractivity contribution is 7.12. The van der Waals surface area contributed by atoms with Crippen molar-refractivity contribution in [3.05, 3.63) is 69.4 Å². The Morgan fingerprint density at radius 3 is 2.74 bits per heavy atom. The number of ketones is 1. The van der Waals surface area contributed by atoms with Gasteiger partial charge >= 0.3 is 0 Å². The summed E-state index contributed by atoms with van der Waals surface area (Å²) in [6.45, 7) is 0.122. The van der Waals surface area contributed by atoms with Gasteiger partial charge in [0.1, 0.15) is 5.82 Å². The van der Waals surface area contributed by atoms with Crippen molar-refractivity contribution in [2.75, 3.05) is 26.4 Å². The number of aliphatic hydroxyl groups is 2. The predicted octanol–water partition coefficient (Wildman–Crippen LogP) is 2.47. The van der Waals surface area contributed by atoms with Gasteiger partial charge in [0.05, 0.1) is 36.3 Å². The number of ether oxygens (including phenoxy) is 1. The molecule has 0 spiro atoms. The second kappa shape index (κ2) is 8.43. The van der Waals surface area contributed by atoms with Crippen molar-refractivity contribution in [2.24, 2.45) is 0 Å². The van der Waals surface area contributed by atoms with Crippen molar-refractivity contribution in [3.63, 3.8) is 0 Å². The third kappa shape index (κ3) is 3.92. The molecule has 8 heteroatoms. The molecule has 2 heterocycles. The first kappa shape index (κ1) is 19.2. The molecule has 1 aromatic heterocycles. The van der Waals surface area contributed by atoms with Crippen LogP contribution in [0.25, 0.3) is 0 Å². The third-order valence-corrected chi connectivity index (χ3v) is 5.04. The lowest BCUT2D eigenvalue weighted by atomic mass is 9.95. The largest absolute Gasteiger partial charge is 0.503 e. The van der Waals surface area contributed by atoms with E-state index < -0.39 is 29.3 Å². The number of aliphatic hydroxyl groups excluding tert-OH is 2. The number of benzene rings is 1. The van der Waals surface area contributed by atoms with E-state index in [2.05, 4.69) is 0 Å². The fourth-order valence-corrected chi connectivity index (χ4v) is 3.69. The molecular formula is C19H18FNO5S. The molecule has 1 atom stereocenters. The molecule has 0 unspecified atom stereocenters. The van der Waals surface area contributed by atoms with Gasteiger partial charge in [0, 0.05) is 6.54 Å². The van der Waals surface area contributed by atoms with E-state index in [1.165, 1.54) is 34.4 Å². The second-order valence-electron chi connectivity index (χ2n) is 5.86. The minimum Gasteiger partial charge on any atom is -0.503 e. The smallest absolute Gasteiger partial charge is 0.290 e. The van der Waals surface area contributed by atoms with Crippen molar-refractivity contribution in [1.29, 1.82) is 0 Å². The van der Waals surface area contributed by atoms with Crippen molar-refractivity contribution in [1.82, 2.24) is 4.90 Å². The van der Waals surface area contributed by atoms with Crippen LogP contribution in [-0.2, 0) is 9.53 Å². The van der Waals surface area contributed by atoms with E-state index in [1.807, 2.05) is 0 Å². The van der Waals surface area contributed by atoms with E-state index in [4.69, 9.17) is 9.84 Å². The fourth-order valence-electron chi connectivity index (χ4n) is 3.01. The van der Waals surface area contributed by atoms with Crippen LogP contribution in [0.4, 0.5) is 4.39 Å². The van der Waals surface area contributed by atoms with Crippen LogP contribution in [0.2, 0.25) is 0 Å². The first-order valence-electron chi connectivity index (χ1n) is 8.31. The van der Waals surface area contributed by atoms with Gasteiger partial charge in [0.15, 0.2) is 5.76 Å². The lowest BCUT2D eigenvalue weighted by Crippen LogP contribution is -2.34. The topological polar surface area (TPSA) is 87.1 Å². The van der Waals surface area contributed by atoms with Crippen LogP contribution in [0.15, 0.2) is 53.1 Å². The van der Waals surface area contributed by atoms with E-state index in [-0.39, 0.29) is 31.9 Å². The molecule has 6 nitrogen and oxygen atoms in total. The number of carbonyl (C=O) groups excluding carboxylic acids is 2. The number of nitrogens with zero attached hydrogens (tertiary/aromatic N) is 1. The molecule has 0 saturated carbocycles. The Bertz CT molecular complexity index is 865. The number of halogens is 1. The average Bonchev–Trinajstić information content (AvgIpc) is 3.27. The number of Topliss-reactive ketones (excluding diaryl/α,β-unsaturated/α-hetero) is 1. The van der Waals surface area contributed by atoms with Crippen LogP contribution in [0, 0.1) is 5.82 Å². The molecule has 1 aliphatic heterocycles. The number of amides is 1. The Morgan fingerprint density at radius 2 is 2.07 bits per heavy atom. The molecule has 0 aliphatic carbocycles. The zero-order valence-electron chi connectivity index (χ0n) is 14.3. The average molecular weight is 391 g/mol. The summed E-state index contributed by atoms with van der Waals surface area (Å²) in [7, 11) is 0. The number of thiophene rings is 1. The van der Waals surface area contributed by atoms with Gasteiger partial charge in [-0.3, -0.25) is 9.59 Å². The summed E-state index contributed by atoms with van der Waals surface area (Å²) in [5.41, 5.74) is 0.310. The molecule has 1 amide bonds. The van der Waals surface area contributed by atoms with Crippen molar-refractivity contribution < 1.29 is 28.9 Å². The molecule has 2 aromatic rings. The summed E-state index contributed by atoms with van der Waals surface area (Å²) in [4.78, 5) is 27.2. The minimum absolute atomic E-state index is 0.0739. The SMILES string of the molecule is O=C(C1=C(O)C(=O)N(CCOCCO)[C@H]1c1cccc(F)c1)c1cccs1. The Hall–Kier alpha value is -2.55. The molecule has 0 bridgehead atoms. The van der Waals surface area contributed by atoms with Crippen molar-refractivity contribution in [2.45, 2.75) is 6.04 Å². The van der Waals surface area contributed by atoms with Crippen LogP contribution >= 0.6 is 11.3 Å². The quantitative estimate of drug-likeness (QED) is 0.533. The van der Waals surface area contributed by atoms with Gasteiger partial charge in [-0.1, -0.05) is 18.2 Å². The Labute approximate surface area is 159 Å². The Balaban J connectivity index is 1.98. The van der Waals surface area contributed by atoms with E-state index >= 15 is 0 Å². The number of hydrogen-bond acceptors (Lipinski definition) is 6. The highest BCUT2D eigenvalue weighted by atomic mass is 32.1. The zero-order chi connectivity index (χ0) is 19.4. The van der Waals surface area contributed by atoms with Crippen LogP contribution < -0.4 is 0 Å². The maximum atomic E-state index is 13.8. The van der Waals surface area contributed by atoms with E-state index in [1.54, 1.807) is 23.6 Å². The monoisotopic (exact) mass is 391 g/mol. The minimum atomic E-state index is -0.916. The fraction of sp³-hybridized carbons (Fsp3) is 0.263. The predicted molar refractivity (Wildman–Crippen MR) is 97.1 cm³/mol. The van der Waals surface area contributed by atoms with Crippen LogP contribution in [0.5, 0.6) is 0 Å². The van der Waals surface area contributed by atoms with Gasteiger partial charge in [-0.25, -0.2) is 4.39 Å². The van der Waals surface area contributed by atoms with E-state index in [9.17, 15) is 19.1 Å². The summed E-state index contributed by atoms with van der Waals surface area (Å²) >= 11 is 1.20. The first-order valence-corrected chi connectivity index (χ1v) is 9.19. The summed E-state index contributed by atoms with van der Waals surface area (Å²) in [5, 5.41) is 20.9. The first-order chi connectivity index (χ1) is 13.0. The maximum Gasteiger partial charge on any atom is 0.290 e.